The van der Waals surface area contributed by atoms with E-state index in [1.54, 1.807) is 17.5 Å². The van der Waals surface area contributed by atoms with Gasteiger partial charge in [0.2, 0.25) is 0 Å². The summed E-state index contributed by atoms with van der Waals surface area (Å²) in [6, 6.07) is -0.215. The Morgan fingerprint density at radius 3 is 2.94 bits per heavy atom. The van der Waals surface area contributed by atoms with Gasteiger partial charge in [-0.15, -0.1) is 11.3 Å². The number of thiazole rings is 1. The van der Waals surface area contributed by atoms with E-state index in [2.05, 4.69) is 17.2 Å². The molecular weight excluding hydrogens is 224 g/mol. The molecule has 0 saturated carbocycles. The number of rotatable bonds is 6. The summed E-state index contributed by atoms with van der Waals surface area (Å²) >= 11 is 1.64. The average molecular weight is 242 g/mol. The van der Waals surface area contributed by atoms with Crippen molar-refractivity contribution in [3.63, 3.8) is 0 Å². The van der Waals surface area contributed by atoms with E-state index in [1.807, 2.05) is 12.3 Å². The number of hydrogen-bond acceptors (Lipinski definition) is 5. The zero-order valence-corrected chi connectivity index (χ0v) is 10.7. The van der Waals surface area contributed by atoms with Crippen LogP contribution in [0.2, 0.25) is 0 Å². The number of nitrogens with zero attached hydrogens (tertiary/aromatic N) is 1. The van der Waals surface area contributed by atoms with Gasteiger partial charge in [0.05, 0.1) is 12.1 Å². The molecule has 1 aromatic heterocycles. The Bertz CT molecular complexity index is 314. The molecule has 2 unspecified atom stereocenters. The van der Waals surface area contributed by atoms with Gasteiger partial charge in [-0.25, -0.2) is 4.98 Å². The topological polar surface area (TPSA) is 51.2 Å². The summed E-state index contributed by atoms with van der Waals surface area (Å²) < 4.78 is 4.71. The van der Waals surface area contributed by atoms with E-state index in [0.717, 1.165) is 18.0 Å². The lowest BCUT2D eigenvalue weighted by Gasteiger charge is -2.16. The summed E-state index contributed by atoms with van der Waals surface area (Å²) in [6.45, 7) is 4.79. The van der Waals surface area contributed by atoms with Gasteiger partial charge >= 0.3 is 5.97 Å². The molecule has 0 bridgehead atoms. The molecule has 5 heteroatoms. The highest BCUT2D eigenvalue weighted by molar-refractivity contribution is 7.09. The summed E-state index contributed by atoms with van der Waals surface area (Å²) in [7, 11) is 1.41. The van der Waals surface area contributed by atoms with Crippen molar-refractivity contribution in [3.05, 3.63) is 16.6 Å². The minimum Gasteiger partial charge on any atom is -0.468 e. The molecule has 90 valence electrons. The number of hydrogen-bond donors (Lipinski definition) is 1. The van der Waals surface area contributed by atoms with Crippen LogP contribution < -0.4 is 5.32 Å². The van der Waals surface area contributed by atoms with Crippen LogP contribution in [-0.2, 0) is 9.53 Å². The first-order chi connectivity index (χ1) is 7.69. The largest absolute Gasteiger partial charge is 0.468 e. The lowest BCUT2D eigenvalue weighted by atomic mass is 10.1. The lowest BCUT2D eigenvalue weighted by molar-refractivity contribution is -0.143. The first-order valence-electron chi connectivity index (χ1n) is 5.39. The van der Waals surface area contributed by atoms with E-state index in [4.69, 9.17) is 4.74 Å². The molecule has 0 amide bonds. The van der Waals surface area contributed by atoms with E-state index in [9.17, 15) is 4.79 Å². The highest BCUT2D eigenvalue weighted by atomic mass is 32.1. The van der Waals surface area contributed by atoms with Crippen molar-refractivity contribution in [1.29, 1.82) is 0 Å². The molecule has 1 aromatic rings. The lowest BCUT2D eigenvalue weighted by Crippen LogP contribution is -2.38. The van der Waals surface area contributed by atoms with E-state index in [1.165, 1.54) is 7.11 Å². The molecule has 0 spiro atoms. The molecule has 0 aromatic carbocycles. The smallest absolute Gasteiger partial charge is 0.322 e. The number of carbonyl (C=O) groups excluding carboxylic acids is 1. The van der Waals surface area contributed by atoms with Gasteiger partial charge in [0, 0.05) is 24.0 Å². The zero-order chi connectivity index (χ0) is 12.0. The fourth-order valence-electron chi connectivity index (χ4n) is 1.42. The van der Waals surface area contributed by atoms with Gasteiger partial charge in [0.1, 0.15) is 6.04 Å². The van der Waals surface area contributed by atoms with Crippen molar-refractivity contribution in [2.45, 2.75) is 32.2 Å². The molecule has 4 nitrogen and oxygen atoms in total. The summed E-state index contributed by atoms with van der Waals surface area (Å²) in [5.74, 6) is 0.118. The third-order valence-electron chi connectivity index (χ3n) is 2.44. The molecule has 16 heavy (non-hydrogen) atoms. The minimum absolute atomic E-state index is 0.200. The van der Waals surface area contributed by atoms with Gasteiger partial charge in [0.25, 0.3) is 0 Å². The summed E-state index contributed by atoms with van der Waals surface area (Å²) in [6.07, 6.45) is 2.53. The van der Waals surface area contributed by atoms with Crippen LogP contribution in [0, 0.1) is 0 Å². The first-order valence-corrected chi connectivity index (χ1v) is 6.27. The van der Waals surface area contributed by atoms with Crippen molar-refractivity contribution in [2.75, 3.05) is 13.7 Å². The van der Waals surface area contributed by atoms with Crippen molar-refractivity contribution >= 4 is 17.3 Å². The second kappa shape index (κ2) is 6.60. The van der Waals surface area contributed by atoms with Gasteiger partial charge in [-0.2, -0.15) is 0 Å². The SMILES string of the molecule is CCC(NCC(C)c1nccs1)C(=O)OC. The van der Waals surface area contributed by atoms with Crippen LogP contribution in [0.1, 0.15) is 31.2 Å². The van der Waals surface area contributed by atoms with Gasteiger partial charge in [0.15, 0.2) is 0 Å². The van der Waals surface area contributed by atoms with Crippen molar-refractivity contribution in [2.24, 2.45) is 0 Å². The average Bonchev–Trinajstić information content (AvgIpc) is 2.82. The molecular formula is C11H18N2O2S. The fraction of sp³-hybridized carbons (Fsp3) is 0.636. The van der Waals surface area contributed by atoms with Crippen molar-refractivity contribution in [3.8, 4) is 0 Å². The number of esters is 1. The second-order valence-electron chi connectivity index (χ2n) is 3.66. The maximum Gasteiger partial charge on any atom is 0.322 e. The Morgan fingerprint density at radius 1 is 1.69 bits per heavy atom. The predicted octanol–water partition coefficient (Wildman–Crippen LogP) is 1.79. The van der Waals surface area contributed by atoms with Crippen LogP contribution >= 0.6 is 11.3 Å². The quantitative estimate of drug-likeness (QED) is 0.773. The fourth-order valence-corrected chi connectivity index (χ4v) is 2.12. The molecule has 1 rings (SSSR count). The van der Waals surface area contributed by atoms with Crippen LogP contribution in [0.15, 0.2) is 11.6 Å². The highest BCUT2D eigenvalue weighted by Crippen LogP contribution is 2.16. The molecule has 0 aliphatic carbocycles. The van der Waals surface area contributed by atoms with Gasteiger partial charge < -0.3 is 10.1 Å². The van der Waals surface area contributed by atoms with Crippen molar-refractivity contribution < 1.29 is 9.53 Å². The zero-order valence-electron chi connectivity index (χ0n) is 9.90. The molecule has 0 aliphatic heterocycles. The Hall–Kier alpha value is -0.940. The van der Waals surface area contributed by atoms with Crippen LogP contribution in [0.5, 0.6) is 0 Å². The van der Waals surface area contributed by atoms with Crippen LogP contribution in [-0.4, -0.2) is 30.6 Å². The molecule has 1 heterocycles. The normalized spacial score (nSPS) is 14.4. The Morgan fingerprint density at radius 2 is 2.44 bits per heavy atom. The molecule has 0 radical (unpaired) electrons. The van der Waals surface area contributed by atoms with Crippen molar-refractivity contribution in [1.82, 2.24) is 10.3 Å². The third kappa shape index (κ3) is 3.57. The Kier molecular flexibility index (Phi) is 5.42. The maximum absolute atomic E-state index is 11.3. The van der Waals surface area contributed by atoms with Gasteiger partial charge in [-0.05, 0) is 6.42 Å². The van der Waals surface area contributed by atoms with E-state index in [0.29, 0.717) is 5.92 Å². The summed E-state index contributed by atoms with van der Waals surface area (Å²) in [4.78, 5) is 15.6. The molecule has 0 fully saturated rings. The minimum atomic E-state index is -0.215. The number of methoxy groups -OCH3 is 1. The third-order valence-corrected chi connectivity index (χ3v) is 3.44. The maximum atomic E-state index is 11.3. The summed E-state index contributed by atoms with van der Waals surface area (Å²) in [5.41, 5.74) is 0. The van der Waals surface area contributed by atoms with Crippen LogP contribution in [0.4, 0.5) is 0 Å². The standard InChI is InChI=1S/C11H18N2O2S/c1-4-9(11(14)15-3)13-7-8(2)10-12-5-6-16-10/h5-6,8-9,13H,4,7H2,1-3H3. The number of nitrogens with one attached hydrogen (secondary N) is 1. The molecule has 0 aliphatic rings. The monoisotopic (exact) mass is 242 g/mol. The molecule has 2 atom stereocenters. The van der Waals surface area contributed by atoms with Gasteiger partial charge in [-0.3, -0.25) is 4.79 Å². The highest BCUT2D eigenvalue weighted by Gasteiger charge is 2.17. The number of carbonyl (C=O) groups is 1. The second-order valence-corrected chi connectivity index (χ2v) is 4.59. The van der Waals surface area contributed by atoms with Crippen LogP contribution in [0.25, 0.3) is 0 Å². The molecule has 1 N–H and O–H groups in total. The number of aromatic nitrogens is 1. The first kappa shape index (κ1) is 13.1. The van der Waals surface area contributed by atoms with Gasteiger partial charge in [-0.1, -0.05) is 13.8 Å². The molecule has 0 saturated heterocycles. The summed E-state index contributed by atoms with van der Waals surface area (Å²) in [5, 5.41) is 6.25. The van der Waals surface area contributed by atoms with Crippen LogP contribution in [0.3, 0.4) is 0 Å². The van der Waals surface area contributed by atoms with E-state index >= 15 is 0 Å². The predicted molar refractivity (Wildman–Crippen MR) is 64.6 cm³/mol. The van der Waals surface area contributed by atoms with E-state index < -0.39 is 0 Å². The Balaban J connectivity index is 2.41. The number of ether oxygens (including phenoxy) is 1. The van der Waals surface area contributed by atoms with E-state index in [-0.39, 0.29) is 12.0 Å². The Labute approximate surface area is 100 Å².